The van der Waals surface area contributed by atoms with Crippen LogP contribution in [-0.4, -0.2) is 18.3 Å². The van der Waals surface area contributed by atoms with Crippen LogP contribution in [0.25, 0.3) is 0 Å². The molecule has 2 aliphatic carbocycles. The van der Waals surface area contributed by atoms with Crippen molar-refractivity contribution in [2.75, 3.05) is 13.2 Å². The van der Waals surface area contributed by atoms with Gasteiger partial charge in [0.05, 0.1) is 6.61 Å². The van der Waals surface area contributed by atoms with E-state index in [9.17, 15) is 5.11 Å². The molecule has 3 unspecified atom stereocenters. The molecule has 2 heteroatoms. The van der Waals surface area contributed by atoms with Gasteiger partial charge in [-0.1, -0.05) is 13.8 Å². The lowest BCUT2D eigenvalue weighted by atomic mass is 9.71. The van der Waals surface area contributed by atoms with E-state index in [1.807, 2.05) is 0 Å². The van der Waals surface area contributed by atoms with Crippen molar-refractivity contribution in [1.82, 2.24) is 0 Å². The highest BCUT2D eigenvalue weighted by Gasteiger charge is 2.66. The fourth-order valence-electron chi connectivity index (χ4n) is 4.03. The molecule has 3 N–H and O–H groups in total. The molecule has 2 aliphatic rings. The molecular weight excluding hydrogens is 174 g/mol. The Kier molecular flexibility index (Phi) is 2.39. The van der Waals surface area contributed by atoms with Crippen molar-refractivity contribution in [3.63, 3.8) is 0 Å². The summed E-state index contributed by atoms with van der Waals surface area (Å²) in [6.45, 7) is 5.65. The maximum absolute atomic E-state index is 9.47. The van der Waals surface area contributed by atoms with E-state index in [2.05, 4.69) is 13.8 Å². The minimum absolute atomic E-state index is 0.0932. The average molecular weight is 197 g/mol. The highest BCUT2D eigenvalue weighted by Crippen LogP contribution is 2.71. The Labute approximate surface area is 86.9 Å². The third-order valence-electron chi connectivity index (χ3n) is 4.65. The van der Waals surface area contributed by atoms with E-state index in [1.54, 1.807) is 0 Å². The molecule has 3 atom stereocenters. The molecule has 0 radical (unpaired) electrons. The molecule has 0 bridgehead atoms. The Balaban J connectivity index is 2.11. The molecule has 0 saturated heterocycles. The highest BCUT2D eigenvalue weighted by atomic mass is 16.3. The lowest BCUT2D eigenvalue weighted by Gasteiger charge is -2.35. The molecule has 2 nitrogen and oxygen atoms in total. The van der Waals surface area contributed by atoms with Gasteiger partial charge in [-0.15, -0.1) is 0 Å². The minimum atomic E-state index is 0.0932. The predicted octanol–water partition coefficient (Wildman–Crippen LogP) is 1.77. The van der Waals surface area contributed by atoms with Gasteiger partial charge in [-0.05, 0) is 42.9 Å². The van der Waals surface area contributed by atoms with Gasteiger partial charge >= 0.3 is 0 Å². The third-order valence-corrected chi connectivity index (χ3v) is 4.65. The van der Waals surface area contributed by atoms with Gasteiger partial charge in [0, 0.05) is 12.0 Å². The van der Waals surface area contributed by atoms with Gasteiger partial charge in [0.25, 0.3) is 0 Å². The van der Waals surface area contributed by atoms with Crippen LogP contribution in [0.1, 0.15) is 39.5 Å². The Morgan fingerprint density at radius 1 is 1.29 bits per heavy atom. The largest absolute Gasteiger partial charge is 0.396 e. The van der Waals surface area contributed by atoms with E-state index in [0.717, 1.165) is 11.8 Å². The summed E-state index contributed by atoms with van der Waals surface area (Å²) in [7, 11) is 0. The van der Waals surface area contributed by atoms with Crippen molar-refractivity contribution >= 4 is 0 Å². The Bertz CT molecular complexity index is 212. The van der Waals surface area contributed by atoms with Crippen LogP contribution in [0.3, 0.4) is 0 Å². The number of nitrogens with two attached hydrogens (primary N) is 1. The van der Waals surface area contributed by atoms with Crippen molar-refractivity contribution in [2.24, 2.45) is 28.4 Å². The summed E-state index contributed by atoms with van der Waals surface area (Å²) in [4.78, 5) is 0. The van der Waals surface area contributed by atoms with Gasteiger partial charge in [0.1, 0.15) is 0 Å². The number of hydrogen-bond acceptors (Lipinski definition) is 2. The molecule has 0 aromatic heterocycles. The molecule has 0 amide bonds. The first-order valence-corrected chi connectivity index (χ1v) is 5.88. The van der Waals surface area contributed by atoms with Crippen LogP contribution in [-0.2, 0) is 0 Å². The second-order valence-electron chi connectivity index (χ2n) is 5.95. The van der Waals surface area contributed by atoms with Gasteiger partial charge in [-0.3, -0.25) is 0 Å². The van der Waals surface area contributed by atoms with Crippen LogP contribution >= 0.6 is 0 Å². The zero-order chi connectivity index (χ0) is 10.4. The molecule has 2 rings (SSSR count). The zero-order valence-corrected chi connectivity index (χ0v) is 9.42. The summed E-state index contributed by atoms with van der Waals surface area (Å²) in [6, 6.07) is 0. The van der Waals surface area contributed by atoms with Gasteiger partial charge < -0.3 is 10.8 Å². The lowest BCUT2D eigenvalue weighted by molar-refractivity contribution is 0.112. The quantitative estimate of drug-likeness (QED) is 0.708. The Morgan fingerprint density at radius 2 is 1.86 bits per heavy atom. The summed E-state index contributed by atoms with van der Waals surface area (Å²) in [5.74, 6) is 1.64. The van der Waals surface area contributed by atoms with E-state index in [0.29, 0.717) is 18.6 Å². The van der Waals surface area contributed by atoms with Gasteiger partial charge in [0.15, 0.2) is 0 Å². The van der Waals surface area contributed by atoms with E-state index in [1.165, 1.54) is 25.7 Å². The SMILES string of the molecule is CC1CC(C)CC2(C1)CC2(CN)CO. The third kappa shape index (κ3) is 1.31. The van der Waals surface area contributed by atoms with Gasteiger partial charge in [0.2, 0.25) is 0 Å². The summed E-state index contributed by atoms with van der Waals surface area (Å²) >= 11 is 0. The maximum atomic E-state index is 9.47. The smallest absolute Gasteiger partial charge is 0.0505 e. The van der Waals surface area contributed by atoms with Crippen molar-refractivity contribution < 1.29 is 5.11 Å². The number of aliphatic hydroxyl groups is 1. The summed E-state index contributed by atoms with van der Waals surface area (Å²) in [6.07, 6.45) is 5.10. The standard InChI is InChI=1S/C12H23NO/c1-9-3-10(2)5-11(4-9)6-12(11,7-13)8-14/h9-10,14H,3-8,13H2,1-2H3. The first kappa shape index (κ1) is 10.4. The molecule has 2 saturated carbocycles. The van der Waals surface area contributed by atoms with Crippen LogP contribution in [0, 0.1) is 22.7 Å². The second-order valence-corrected chi connectivity index (χ2v) is 5.95. The van der Waals surface area contributed by atoms with Crippen LogP contribution in [0.15, 0.2) is 0 Å². The normalized spacial score (nSPS) is 52.3. The average Bonchev–Trinajstić information content (AvgIpc) is 2.71. The van der Waals surface area contributed by atoms with Crippen molar-refractivity contribution in [1.29, 1.82) is 0 Å². The molecule has 82 valence electrons. The molecule has 1 spiro atoms. The van der Waals surface area contributed by atoms with Crippen molar-refractivity contribution in [3.8, 4) is 0 Å². The Morgan fingerprint density at radius 3 is 2.21 bits per heavy atom. The molecule has 14 heavy (non-hydrogen) atoms. The van der Waals surface area contributed by atoms with E-state index in [4.69, 9.17) is 5.73 Å². The van der Waals surface area contributed by atoms with E-state index >= 15 is 0 Å². The topological polar surface area (TPSA) is 46.2 Å². The molecule has 0 aliphatic heterocycles. The van der Waals surface area contributed by atoms with Crippen LogP contribution in [0.5, 0.6) is 0 Å². The second kappa shape index (κ2) is 3.21. The summed E-state index contributed by atoms with van der Waals surface area (Å²) in [5.41, 5.74) is 6.32. The first-order chi connectivity index (χ1) is 6.57. The number of rotatable bonds is 2. The highest BCUT2D eigenvalue weighted by molar-refractivity contribution is 5.16. The molecule has 0 heterocycles. The number of aliphatic hydroxyl groups excluding tert-OH is 1. The molecule has 0 aromatic carbocycles. The van der Waals surface area contributed by atoms with Gasteiger partial charge in [-0.25, -0.2) is 0 Å². The Hall–Kier alpha value is -0.0800. The summed E-state index contributed by atoms with van der Waals surface area (Å²) < 4.78 is 0. The number of hydrogen-bond donors (Lipinski definition) is 2. The zero-order valence-electron chi connectivity index (χ0n) is 9.42. The predicted molar refractivity (Wildman–Crippen MR) is 57.8 cm³/mol. The van der Waals surface area contributed by atoms with Crippen molar-refractivity contribution in [3.05, 3.63) is 0 Å². The monoisotopic (exact) mass is 197 g/mol. The van der Waals surface area contributed by atoms with Gasteiger partial charge in [-0.2, -0.15) is 0 Å². The van der Waals surface area contributed by atoms with Crippen LogP contribution in [0.2, 0.25) is 0 Å². The first-order valence-electron chi connectivity index (χ1n) is 5.88. The van der Waals surface area contributed by atoms with Crippen LogP contribution in [0.4, 0.5) is 0 Å². The fourth-order valence-corrected chi connectivity index (χ4v) is 4.03. The van der Waals surface area contributed by atoms with E-state index < -0.39 is 0 Å². The van der Waals surface area contributed by atoms with E-state index in [-0.39, 0.29) is 5.41 Å². The lowest BCUT2D eigenvalue weighted by Crippen LogP contribution is -2.32. The maximum Gasteiger partial charge on any atom is 0.0505 e. The van der Waals surface area contributed by atoms with Crippen LogP contribution < -0.4 is 5.73 Å². The van der Waals surface area contributed by atoms with Crippen molar-refractivity contribution in [2.45, 2.75) is 39.5 Å². The fraction of sp³-hybridized carbons (Fsp3) is 1.00. The minimum Gasteiger partial charge on any atom is -0.396 e. The summed E-state index contributed by atoms with van der Waals surface area (Å²) in [5, 5.41) is 9.47. The molecular formula is C12H23NO. The molecule has 2 fully saturated rings. The molecule has 0 aromatic rings.